The predicted octanol–water partition coefficient (Wildman–Crippen LogP) is 5.34. The average Bonchev–Trinajstić information content (AvgIpc) is 3.26. The molecule has 0 spiro atoms. The molecule has 0 radical (unpaired) electrons. The van der Waals surface area contributed by atoms with E-state index >= 15 is 0 Å². The van der Waals surface area contributed by atoms with Crippen LogP contribution >= 0.6 is 0 Å². The molecule has 4 aliphatic carbocycles. The van der Waals surface area contributed by atoms with Crippen molar-refractivity contribution in [2.45, 2.75) is 117 Å². The summed E-state index contributed by atoms with van der Waals surface area (Å²) in [4.78, 5) is 17.7. The van der Waals surface area contributed by atoms with E-state index in [1.54, 1.807) is 0 Å². The second-order valence-electron chi connectivity index (χ2n) is 14.5. The van der Waals surface area contributed by atoms with Crippen LogP contribution in [0.15, 0.2) is 0 Å². The van der Waals surface area contributed by atoms with Crippen LogP contribution in [-0.4, -0.2) is 70.9 Å². The summed E-state index contributed by atoms with van der Waals surface area (Å²) in [5.74, 6) is 3.93. The number of nitrogens with zero attached hydrogens (tertiary/aromatic N) is 2. The van der Waals surface area contributed by atoms with Crippen LogP contribution in [0.1, 0.15) is 105 Å². The van der Waals surface area contributed by atoms with E-state index in [0.717, 1.165) is 64.2 Å². The summed E-state index contributed by atoms with van der Waals surface area (Å²) in [5, 5.41) is 22.1. The lowest BCUT2D eigenvalue weighted by molar-refractivity contribution is -0.175. The molecule has 5 nitrogen and oxygen atoms in total. The summed E-state index contributed by atoms with van der Waals surface area (Å²) < 4.78 is 0. The average molecular weight is 517 g/mol. The monoisotopic (exact) mass is 516 g/mol. The van der Waals surface area contributed by atoms with Gasteiger partial charge in [0.2, 0.25) is 5.91 Å². The van der Waals surface area contributed by atoms with Crippen LogP contribution in [0.3, 0.4) is 0 Å². The number of fused-ring (bicyclic) bond motifs is 5. The first-order valence-electron chi connectivity index (χ1n) is 16.0. The molecule has 5 rings (SSSR count). The molecule has 1 aliphatic heterocycles. The predicted molar refractivity (Wildman–Crippen MR) is 149 cm³/mol. The highest BCUT2D eigenvalue weighted by atomic mass is 16.3. The minimum Gasteiger partial charge on any atom is -0.393 e. The Morgan fingerprint density at radius 1 is 0.973 bits per heavy atom. The summed E-state index contributed by atoms with van der Waals surface area (Å²) in [7, 11) is 0. The van der Waals surface area contributed by atoms with Crippen LogP contribution in [0.25, 0.3) is 0 Å². The molecule has 4 unspecified atom stereocenters. The van der Waals surface area contributed by atoms with E-state index in [9.17, 15) is 15.0 Å². The zero-order valence-electron chi connectivity index (χ0n) is 24.3. The molecular weight excluding hydrogens is 460 g/mol. The number of aliphatic hydroxyl groups is 2. The smallest absolute Gasteiger partial charge is 0.222 e. The Hall–Kier alpha value is -0.650. The largest absolute Gasteiger partial charge is 0.393 e. The van der Waals surface area contributed by atoms with Gasteiger partial charge in [0.25, 0.3) is 0 Å². The molecular formula is C32H56N2O3. The Morgan fingerprint density at radius 2 is 1.73 bits per heavy atom. The fourth-order valence-electron chi connectivity index (χ4n) is 10.5. The van der Waals surface area contributed by atoms with E-state index in [1.165, 1.54) is 45.1 Å². The number of aliphatic hydroxyl groups excluding tert-OH is 2. The quantitative estimate of drug-likeness (QED) is 0.480. The topological polar surface area (TPSA) is 64.0 Å². The van der Waals surface area contributed by atoms with Crippen molar-refractivity contribution in [3.8, 4) is 0 Å². The normalized spacial score (nSPS) is 45.1. The molecule has 212 valence electrons. The van der Waals surface area contributed by atoms with E-state index in [4.69, 9.17) is 0 Å². The number of carbonyl (C=O) groups excluding carboxylic acids is 1. The highest BCUT2D eigenvalue weighted by molar-refractivity contribution is 5.76. The van der Waals surface area contributed by atoms with E-state index in [1.807, 2.05) is 0 Å². The maximum Gasteiger partial charge on any atom is 0.222 e. The van der Waals surface area contributed by atoms with Gasteiger partial charge in [-0.2, -0.15) is 0 Å². The van der Waals surface area contributed by atoms with Crippen molar-refractivity contribution < 1.29 is 15.0 Å². The van der Waals surface area contributed by atoms with Crippen molar-refractivity contribution in [2.24, 2.45) is 46.3 Å². The SMILES string of the molecule is CCCCN1CCN(C(=O)CC[C@@H](C)[C@H]2CCC3C4CCC5C[C@H](O)CC[C@]5(C)C4C[C@H](O)[C@@]32C)CC1. The molecule has 0 aromatic carbocycles. The van der Waals surface area contributed by atoms with E-state index < -0.39 is 0 Å². The van der Waals surface area contributed by atoms with Gasteiger partial charge in [-0.25, -0.2) is 0 Å². The number of piperazine rings is 1. The van der Waals surface area contributed by atoms with E-state index in [-0.39, 0.29) is 17.6 Å². The summed E-state index contributed by atoms with van der Waals surface area (Å²) >= 11 is 0. The van der Waals surface area contributed by atoms with Crippen LogP contribution in [-0.2, 0) is 4.79 Å². The molecule has 37 heavy (non-hydrogen) atoms. The summed E-state index contributed by atoms with van der Waals surface area (Å²) in [5.41, 5.74) is 0.285. The molecule has 5 fully saturated rings. The fraction of sp³-hybridized carbons (Fsp3) is 0.969. The number of rotatable bonds is 7. The van der Waals surface area contributed by atoms with Crippen LogP contribution in [0, 0.1) is 46.3 Å². The molecule has 0 aromatic heterocycles. The first-order valence-corrected chi connectivity index (χ1v) is 16.0. The zero-order chi connectivity index (χ0) is 26.4. The minimum atomic E-state index is -0.233. The van der Waals surface area contributed by atoms with Crippen LogP contribution in [0.5, 0.6) is 0 Å². The standard InChI is InChI=1S/C32H56N2O3/c1-5-6-15-33-16-18-34(19-17-33)30(37)12-7-22(2)26-10-11-27-25-9-8-23-20-24(35)13-14-31(23,3)28(25)21-29(36)32(26,27)4/h22-29,35-36H,5-21H2,1-4H3/t22-,23?,24-,25?,26-,27?,28?,29+,31+,32-/m1/s1. The molecule has 4 saturated carbocycles. The Morgan fingerprint density at radius 3 is 2.46 bits per heavy atom. The third-order valence-corrected chi connectivity index (χ3v) is 12.9. The van der Waals surface area contributed by atoms with E-state index in [0.29, 0.717) is 47.3 Å². The third kappa shape index (κ3) is 5.04. The van der Waals surface area contributed by atoms with Crippen LogP contribution in [0.4, 0.5) is 0 Å². The minimum absolute atomic E-state index is 0.00802. The first-order chi connectivity index (χ1) is 17.7. The molecule has 10 atom stereocenters. The molecule has 1 saturated heterocycles. The van der Waals surface area contributed by atoms with Gasteiger partial charge in [0.15, 0.2) is 0 Å². The number of hydrogen-bond acceptors (Lipinski definition) is 4. The Kier molecular flexibility index (Phi) is 8.36. The Labute approximate surface area is 226 Å². The van der Waals surface area contributed by atoms with Gasteiger partial charge in [0.05, 0.1) is 12.2 Å². The van der Waals surface area contributed by atoms with Crippen molar-refractivity contribution in [1.29, 1.82) is 0 Å². The lowest BCUT2D eigenvalue weighted by atomic mass is 9.43. The molecule has 2 N–H and O–H groups in total. The first kappa shape index (κ1) is 27.9. The third-order valence-electron chi connectivity index (χ3n) is 12.9. The number of hydrogen-bond donors (Lipinski definition) is 2. The maximum atomic E-state index is 13.1. The number of unbranched alkanes of at least 4 members (excludes halogenated alkanes) is 1. The molecule has 1 amide bonds. The van der Waals surface area contributed by atoms with Crippen molar-refractivity contribution in [1.82, 2.24) is 9.80 Å². The lowest BCUT2D eigenvalue weighted by Gasteiger charge is -2.62. The van der Waals surface area contributed by atoms with Gasteiger partial charge in [0, 0.05) is 32.6 Å². The summed E-state index contributed by atoms with van der Waals surface area (Å²) in [6.45, 7) is 14.5. The number of amides is 1. The second-order valence-corrected chi connectivity index (χ2v) is 14.5. The number of carbonyl (C=O) groups is 1. The van der Waals surface area contributed by atoms with Crippen molar-refractivity contribution in [3.63, 3.8) is 0 Å². The van der Waals surface area contributed by atoms with E-state index in [2.05, 4.69) is 37.5 Å². The van der Waals surface area contributed by atoms with Crippen molar-refractivity contribution in [3.05, 3.63) is 0 Å². The van der Waals surface area contributed by atoms with Gasteiger partial charge in [-0.15, -0.1) is 0 Å². The molecule has 5 heteroatoms. The van der Waals surface area contributed by atoms with Gasteiger partial charge < -0.3 is 15.1 Å². The van der Waals surface area contributed by atoms with Crippen molar-refractivity contribution >= 4 is 5.91 Å². The van der Waals surface area contributed by atoms with Crippen LogP contribution < -0.4 is 0 Å². The highest BCUT2D eigenvalue weighted by Crippen LogP contribution is 2.68. The van der Waals surface area contributed by atoms with Crippen LogP contribution in [0.2, 0.25) is 0 Å². The fourth-order valence-corrected chi connectivity index (χ4v) is 10.5. The summed E-state index contributed by atoms with van der Waals surface area (Å²) in [6.07, 6.45) is 12.8. The molecule has 0 bridgehead atoms. The highest BCUT2D eigenvalue weighted by Gasteiger charge is 2.63. The molecule has 0 aromatic rings. The van der Waals surface area contributed by atoms with Gasteiger partial charge >= 0.3 is 0 Å². The maximum absolute atomic E-state index is 13.1. The summed E-state index contributed by atoms with van der Waals surface area (Å²) in [6, 6.07) is 0. The Bertz CT molecular complexity index is 797. The second kappa shape index (κ2) is 11.1. The Balaban J connectivity index is 1.18. The van der Waals surface area contributed by atoms with Gasteiger partial charge in [-0.05, 0) is 117 Å². The van der Waals surface area contributed by atoms with Gasteiger partial charge in [-0.3, -0.25) is 9.69 Å². The lowest BCUT2D eigenvalue weighted by Crippen LogP contribution is -2.58. The van der Waals surface area contributed by atoms with Crippen molar-refractivity contribution in [2.75, 3.05) is 32.7 Å². The molecule has 1 heterocycles. The van der Waals surface area contributed by atoms with Gasteiger partial charge in [-0.1, -0.05) is 34.1 Å². The molecule has 5 aliphatic rings. The van der Waals surface area contributed by atoms with Gasteiger partial charge in [0.1, 0.15) is 0 Å². The zero-order valence-corrected chi connectivity index (χ0v) is 24.3.